The predicted molar refractivity (Wildman–Crippen MR) is 91.1 cm³/mol. The van der Waals surface area contributed by atoms with Crippen LogP contribution in [0.1, 0.15) is 36.2 Å². The molecule has 1 aromatic carbocycles. The molecule has 1 aliphatic rings. The monoisotopic (exact) mass is 311 g/mol. The lowest BCUT2D eigenvalue weighted by Gasteiger charge is -2.32. The molecule has 1 saturated heterocycles. The molecule has 1 amide bonds. The Morgan fingerprint density at radius 2 is 2.00 bits per heavy atom. The number of aromatic amines is 1. The summed E-state index contributed by atoms with van der Waals surface area (Å²) in [5.41, 5.74) is 3.27. The minimum Gasteiger partial charge on any atom is -0.342 e. The summed E-state index contributed by atoms with van der Waals surface area (Å²) in [5, 5.41) is 7.05. The Balaban J connectivity index is 1.42. The van der Waals surface area contributed by atoms with Gasteiger partial charge in [-0.1, -0.05) is 30.3 Å². The zero-order valence-corrected chi connectivity index (χ0v) is 13.8. The molecular weight excluding hydrogens is 286 g/mol. The van der Waals surface area contributed by atoms with E-state index < -0.39 is 0 Å². The average molecular weight is 311 g/mol. The topological polar surface area (TPSA) is 49.0 Å². The minimum atomic E-state index is 0.206. The lowest BCUT2D eigenvalue weighted by molar-refractivity contribution is -0.131. The fourth-order valence-electron chi connectivity index (χ4n) is 3.32. The fraction of sp³-hybridized carbons (Fsp3) is 0.474. The summed E-state index contributed by atoms with van der Waals surface area (Å²) in [6.07, 6.45) is 5.03. The SMILES string of the molecule is Cc1cc(CC(=O)N2CCC(CCc3ccccc3)CC2)n[nH]1. The number of likely N-dealkylation sites (tertiary alicyclic amines) is 1. The van der Waals surface area contributed by atoms with E-state index in [4.69, 9.17) is 0 Å². The molecule has 0 radical (unpaired) electrons. The molecule has 1 aliphatic heterocycles. The van der Waals surface area contributed by atoms with E-state index >= 15 is 0 Å². The van der Waals surface area contributed by atoms with E-state index in [0.29, 0.717) is 6.42 Å². The normalized spacial score (nSPS) is 15.8. The molecule has 0 unspecified atom stereocenters. The largest absolute Gasteiger partial charge is 0.342 e. The summed E-state index contributed by atoms with van der Waals surface area (Å²) in [6, 6.07) is 12.6. The van der Waals surface area contributed by atoms with Gasteiger partial charge in [-0.25, -0.2) is 0 Å². The van der Waals surface area contributed by atoms with E-state index in [1.54, 1.807) is 0 Å². The van der Waals surface area contributed by atoms with Gasteiger partial charge >= 0.3 is 0 Å². The van der Waals surface area contributed by atoms with Gasteiger partial charge in [0.1, 0.15) is 0 Å². The van der Waals surface area contributed by atoms with Crippen LogP contribution >= 0.6 is 0 Å². The molecule has 1 aromatic heterocycles. The van der Waals surface area contributed by atoms with Crippen LogP contribution in [0.15, 0.2) is 36.4 Å². The number of hydrogen-bond acceptors (Lipinski definition) is 2. The van der Waals surface area contributed by atoms with E-state index in [-0.39, 0.29) is 5.91 Å². The minimum absolute atomic E-state index is 0.206. The van der Waals surface area contributed by atoms with Gasteiger partial charge in [0.2, 0.25) is 5.91 Å². The zero-order valence-electron chi connectivity index (χ0n) is 13.8. The number of carbonyl (C=O) groups excluding carboxylic acids is 1. The Bertz CT molecular complexity index is 627. The standard InChI is InChI=1S/C19H25N3O/c1-15-13-18(21-20-15)14-19(23)22-11-9-17(10-12-22)8-7-16-5-3-2-4-6-16/h2-6,13,17H,7-12,14H2,1H3,(H,20,21). The van der Waals surface area contributed by atoms with Crippen LogP contribution in [0.4, 0.5) is 0 Å². The van der Waals surface area contributed by atoms with Crippen molar-refractivity contribution in [1.29, 1.82) is 0 Å². The van der Waals surface area contributed by atoms with E-state index in [9.17, 15) is 4.79 Å². The molecule has 0 bridgehead atoms. The van der Waals surface area contributed by atoms with Crippen LogP contribution in [-0.4, -0.2) is 34.1 Å². The van der Waals surface area contributed by atoms with Crippen molar-refractivity contribution in [1.82, 2.24) is 15.1 Å². The van der Waals surface area contributed by atoms with Crippen LogP contribution in [0.3, 0.4) is 0 Å². The van der Waals surface area contributed by atoms with Crippen molar-refractivity contribution in [2.45, 2.75) is 39.0 Å². The van der Waals surface area contributed by atoms with Crippen LogP contribution in [-0.2, 0) is 17.6 Å². The number of hydrogen-bond donors (Lipinski definition) is 1. The molecule has 3 rings (SSSR count). The molecule has 0 spiro atoms. The van der Waals surface area contributed by atoms with Crippen LogP contribution in [0.2, 0.25) is 0 Å². The first-order valence-corrected chi connectivity index (χ1v) is 8.53. The van der Waals surface area contributed by atoms with Gasteiger partial charge < -0.3 is 4.90 Å². The summed E-state index contributed by atoms with van der Waals surface area (Å²) in [6.45, 7) is 3.74. The Kier molecular flexibility index (Phi) is 5.11. The van der Waals surface area contributed by atoms with Gasteiger partial charge in [0.05, 0.1) is 12.1 Å². The third-order valence-electron chi connectivity index (χ3n) is 4.74. The van der Waals surface area contributed by atoms with Gasteiger partial charge in [0.25, 0.3) is 0 Å². The highest BCUT2D eigenvalue weighted by atomic mass is 16.2. The highest BCUT2D eigenvalue weighted by Gasteiger charge is 2.23. The first kappa shape index (κ1) is 15.8. The van der Waals surface area contributed by atoms with Crippen molar-refractivity contribution >= 4 is 5.91 Å². The zero-order chi connectivity index (χ0) is 16.1. The van der Waals surface area contributed by atoms with Crippen molar-refractivity contribution in [3.05, 3.63) is 53.3 Å². The van der Waals surface area contributed by atoms with Gasteiger partial charge in [-0.15, -0.1) is 0 Å². The number of amides is 1. The van der Waals surface area contributed by atoms with Gasteiger partial charge in [-0.2, -0.15) is 5.10 Å². The third-order valence-corrected chi connectivity index (χ3v) is 4.74. The molecule has 0 aliphatic carbocycles. The first-order chi connectivity index (χ1) is 11.2. The number of aromatic nitrogens is 2. The molecule has 23 heavy (non-hydrogen) atoms. The number of rotatable bonds is 5. The quantitative estimate of drug-likeness (QED) is 0.922. The van der Waals surface area contributed by atoms with Crippen molar-refractivity contribution in [3.63, 3.8) is 0 Å². The molecular formula is C19H25N3O. The van der Waals surface area contributed by atoms with Crippen molar-refractivity contribution in [3.8, 4) is 0 Å². The number of H-pyrrole nitrogens is 1. The maximum Gasteiger partial charge on any atom is 0.228 e. The lowest BCUT2D eigenvalue weighted by atomic mass is 9.90. The fourth-order valence-corrected chi connectivity index (χ4v) is 3.32. The van der Waals surface area contributed by atoms with Gasteiger partial charge in [0.15, 0.2) is 0 Å². The molecule has 1 fully saturated rings. The highest BCUT2D eigenvalue weighted by Crippen LogP contribution is 2.23. The first-order valence-electron chi connectivity index (χ1n) is 8.53. The molecule has 0 atom stereocenters. The summed E-state index contributed by atoms with van der Waals surface area (Å²) >= 11 is 0. The van der Waals surface area contributed by atoms with E-state index in [2.05, 4.69) is 40.5 Å². The number of benzene rings is 1. The van der Waals surface area contributed by atoms with Crippen molar-refractivity contribution in [2.75, 3.05) is 13.1 Å². The van der Waals surface area contributed by atoms with E-state index in [1.165, 1.54) is 12.0 Å². The molecule has 2 aromatic rings. The van der Waals surface area contributed by atoms with Crippen molar-refractivity contribution < 1.29 is 4.79 Å². The van der Waals surface area contributed by atoms with E-state index in [1.807, 2.05) is 17.9 Å². The lowest BCUT2D eigenvalue weighted by Crippen LogP contribution is -2.39. The molecule has 4 nitrogen and oxygen atoms in total. The molecule has 2 heterocycles. The maximum atomic E-state index is 12.3. The highest BCUT2D eigenvalue weighted by molar-refractivity contribution is 5.78. The smallest absolute Gasteiger partial charge is 0.228 e. The summed E-state index contributed by atoms with van der Waals surface area (Å²) < 4.78 is 0. The van der Waals surface area contributed by atoms with Crippen LogP contribution in [0.25, 0.3) is 0 Å². The summed E-state index contributed by atoms with van der Waals surface area (Å²) in [4.78, 5) is 14.3. The number of nitrogens with zero attached hydrogens (tertiary/aromatic N) is 2. The molecule has 122 valence electrons. The van der Waals surface area contributed by atoms with Crippen LogP contribution < -0.4 is 0 Å². The Labute approximate surface area is 137 Å². The molecule has 4 heteroatoms. The average Bonchev–Trinajstić information content (AvgIpc) is 2.99. The maximum absolute atomic E-state index is 12.3. The molecule has 0 saturated carbocycles. The second-order valence-electron chi connectivity index (χ2n) is 6.57. The number of piperidine rings is 1. The predicted octanol–water partition coefficient (Wildman–Crippen LogP) is 3.13. The Morgan fingerprint density at radius 1 is 1.26 bits per heavy atom. The summed E-state index contributed by atoms with van der Waals surface area (Å²) in [7, 11) is 0. The Morgan fingerprint density at radius 3 is 2.65 bits per heavy atom. The Hall–Kier alpha value is -2.10. The van der Waals surface area contributed by atoms with Gasteiger partial charge in [-0.05, 0) is 50.2 Å². The second kappa shape index (κ2) is 7.44. The van der Waals surface area contributed by atoms with Crippen LogP contribution in [0, 0.1) is 12.8 Å². The van der Waals surface area contributed by atoms with Crippen LogP contribution in [0.5, 0.6) is 0 Å². The summed E-state index contributed by atoms with van der Waals surface area (Å²) in [5.74, 6) is 0.949. The molecule has 1 N–H and O–H groups in total. The third kappa shape index (κ3) is 4.44. The number of nitrogens with one attached hydrogen (secondary N) is 1. The number of carbonyl (C=O) groups is 1. The van der Waals surface area contributed by atoms with Gasteiger partial charge in [-0.3, -0.25) is 9.89 Å². The number of aryl methyl sites for hydroxylation is 2. The van der Waals surface area contributed by atoms with E-state index in [0.717, 1.165) is 49.7 Å². The van der Waals surface area contributed by atoms with Gasteiger partial charge in [0, 0.05) is 18.8 Å². The second-order valence-corrected chi connectivity index (χ2v) is 6.57. The van der Waals surface area contributed by atoms with Crippen molar-refractivity contribution in [2.24, 2.45) is 5.92 Å².